The fourth-order valence-corrected chi connectivity index (χ4v) is 3.07. The first-order valence-corrected chi connectivity index (χ1v) is 9.68. The van der Waals surface area contributed by atoms with Crippen LogP contribution in [0, 0.1) is 0 Å². The average molecular weight is 395 g/mol. The van der Waals surface area contributed by atoms with E-state index in [0.29, 0.717) is 36.2 Å². The van der Waals surface area contributed by atoms with Gasteiger partial charge in [0.25, 0.3) is 5.91 Å². The number of carbonyl (C=O) groups excluding carboxylic acids is 1. The molecule has 1 amide bonds. The molecule has 0 radical (unpaired) electrons. The van der Waals surface area contributed by atoms with Gasteiger partial charge in [-0.1, -0.05) is 54.1 Å². The molecule has 0 saturated heterocycles. The van der Waals surface area contributed by atoms with Gasteiger partial charge >= 0.3 is 0 Å². The highest BCUT2D eigenvalue weighted by Crippen LogP contribution is 2.13. The number of nitrogens with zero attached hydrogens (tertiary/aromatic N) is 3. The van der Waals surface area contributed by atoms with Crippen LogP contribution in [0.15, 0.2) is 66.9 Å². The van der Waals surface area contributed by atoms with Crippen LogP contribution in [0.5, 0.6) is 0 Å². The number of hydrogen-bond donors (Lipinski definition) is 1. The summed E-state index contributed by atoms with van der Waals surface area (Å²) in [4.78, 5) is 23.3. The molecule has 0 aliphatic carbocycles. The van der Waals surface area contributed by atoms with E-state index in [-0.39, 0.29) is 5.91 Å². The molecule has 1 N–H and O–H groups in total. The molecule has 0 unspecified atom stereocenters. The van der Waals surface area contributed by atoms with Crippen molar-refractivity contribution in [3.8, 4) is 0 Å². The highest BCUT2D eigenvalue weighted by Gasteiger charge is 2.13. The summed E-state index contributed by atoms with van der Waals surface area (Å²) in [5.74, 6) is 0.343. The third-order valence-electron chi connectivity index (χ3n) is 4.34. The molecule has 0 aliphatic rings. The van der Waals surface area contributed by atoms with Crippen molar-refractivity contribution in [3.63, 3.8) is 0 Å². The van der Waals surface area contributed by atoms with Crippen molar-refractivity contribution < 1.29 is 4.79 Å². The predicted molar refractivity (Wildman–Crippen MR) is 113 cm³/mol. The van der Waals surface area contributed by atoms with Crippen LogP contribution < -0.4 is 10.2 Å². The summed E-state index contributed by atoms with van der Waals surface area (Å²) in [6, 6.07) is 19.4. The van der Waals surface area contributed by atoms with Gasteiger partial charge in [-0.3, -0.25) is 4.79 Å². The van der Waals surface area contributed by atoms with Gasteiger partial charge in [0.15, 0.2) is 0 Å². The van der Waals surface area contributed by atoms with E-state index >= 15 is 0 Å². The van der Waals surface area contributed by atoms with Crippen molar-refractivity contribution in [2.75, 3.05) is 18.0 Å². The van der Waals surface area contributed by atoms with E-state index in [4.69, 9.17) is 11.6 Å². The molecule has 0 fully saturated rings. The van der Waals surface area contributed by atoms with E-state index < -0.39 is 0 Å². The number of hydrogen-bond acceptors (Lipinski definition) is 4. The molecule has 0 saturated carbocycles. The molecule has 1 aromatic heterocycles. The van der Waals surface area contributed by atoms with E-state index in [0.717, 1.165) is 12.1 Å². The maximum atomic E-state index is 12.5. The number of anilines is 1. The summed E-state index contributed by atoms with van der Waals surface area (Å²) < 4.78 is 0. The lowest BCUT2D eigenvalue weighted by Gasteiger charge is -2.21. The van der Waals surface area contributed by atoms with Gasteiger partial charge < -0.3 is 10.2 Å². The van der Waals surface area contributed by atoms with E-state index in [1.807, 2.05) is 54.3 Å². The Hall–Kier alpha value is -2.92. The van der Waals surface area contributed by atoms with Crippen molar-refractivity contribution >= 4 is 23.5 Å². The first-order valence-electron chi connectivity index (χ1n) is 9.30. The van der Waals surface area contributed by atoms with Gasteiger partial charge in [-0.05, 0) is 42.7 Å². The van der Waals surface area contributed by atoms with Gasteiger partial charge in [-0.25, -0.2) is 9.97 Å². The molecular weight excluding hydrogens is 372 g/mol. The second-order valence-corrected chi connectivity index (χ2v) is 6.81. The van der Waals surface area contributed by atoms with Crippen molar-refractivity contribution in [3.05, 3.63) is 88.7 Å². The van der Waals surface area contributed by atoms with E-state index in [1.165, 1.54) is 5.56 Å². The van der Waals surface area contributed by atoms with Crippen LogP contribution in [-0.4, -0.2) is 29.0 Å². The highest BCUT2D eigenvalue weighted by molar-refractivity contribution is 6.30. The maximum absolute atomic E-state index is 12.5. The minimum Gasteiger partial charge on any atom is -0.350 e. The lowest BCUT2D eigenvalue weighted by molar-refractivity contribution is 0.0949. The lowest BCUT2D eigenvalue weighted by atomic mass is 10.1. The third-order valence-corrected chi connectivity index (χ3v) is 4.58. The Balaban J connectivity index is 1.61. The summed E-state index contributed by atoms with van der Waals surface area (Å²) in [5.41, 5.74) is 2.61. The lowest BCUT2D eigenvalue weighted by Crippen LogP contribution is -2.29. The first kappa shape index (κ1) is 19.8. The maximum Gasteiger partial charge on any atom is 0.270 e. The van der Waals surface area contributed by atoms with Crippen molar-refractivity contribution in [1.29, 1.82) is 0 Å². The summed E-state index contributed by atoms with van der Waals surface area (Å²) in [7, 11) is 0. The first-order chi connectivity index (χ1) is 13.7. The number of amides is 1. The van der Waals surface area contributed by atoms with Gasteiger partial charge in [-0.2, -0.15) is 0 Å². The molecule has 1 heterocycles. The SMILES string of the molecule is CCN(Cc1ccccc1)c1nccc(C(=O)NCCc2cccc(Cl)c2)n1. The monoisotopic (exact) mass is 394 g/mol. The molecule has 3 rings (SSSR count). The van der Waals surface area contributed by atoms with Gasteiger partial charge in [0.05, 0.1) is 0 Å². The largest absolute Gasteiger partial charge is 0.350 e. The Morgan fingerprint density at radius 2 is 1.86 bits per heavy atom. The average Bonchev–Trinajstić information content (AvgIpc) is 2.73. The summed E-state index contributed by atoms with van der Waals surface area (Å²) >= 11 is 5.99. The molecule has 0 spiro atoms. The van der Waals surface area contributed by atoms with Gasteiger partial charge in [-0.15, -0.1) is 0 Å². The fourth-order valence-electron chi connectivity index (χ4n) is 2.86. The molecule has 144 valence electrons. The second kappa shape index (κ2) is 9.85. The minimum absolute atomic E-state index is 0.207. The number of aromatic nitrogens is 2. The van der Waals surface area contributed by atoms with Crippen LogP contribution >= 0.6 is 11.6 Å². The zero-order valence-corrected chi connectivity index (χ0v) is 16.6. The summed E-state index contributed by atoms with van der Waals surface area (Å²) in [6.07, 6.45) is 2.33. The molecule has 28 heavy (non-hydrogen) atoms. The Morgan fingerprint density at radius 1 is 1.07 bits per heavy atom. The molecule has 5 nitrogen and oxygen atoms in total. The quantitative estimate of drug-likeness (QED) is 0.624. The second-order valence-electron chi connectivity index (χ2n) is 6.38. The minimum atomic E-state index is -0.207. The Labute approximate surface area is 170 Å². The van der Waals surface area contributed by atoms with Crippen molar-refractivity contribution in [2.45, 2.75) is 19.9 Å². The zero-order chi connectivity index (χ0) is 19.8. The number of rotatable bonds is 8. The van der Waals surface area contributed by atoms with Gasteiger partial charge in [0, 0.05) is 30.9 Å². The molecule has 6 heteroatoms. The Morgan fingerprint density at radius 3 is 2.61 bits per heavy atom. The molecular formula is C22H23ClN4O. The Bertz CT molecular complexity index is 917. The van der Waals surface area contributed by atoms with E-state index in [2.05, 4.69) is 27.4 Å². The van der Waals surface area contributed by atoms with E-state index in [9.17, 15) is 4.79 Å². The van der Waals surface area contributed by atoms with Crippen LogP contribution in [-0.2, 0) is 13.0 Å². The van der Waals surface area contributed by atoms with Gasteiger partial charge in [0.1, 0.15) is 5.69 Å². The van der Waals surface area contributed by atoms with Crippen molar-refractivity contribution in [2.24, 2.45) is 0 Å². The number of benzene rings is 2. The van der Waals surface area contributed by atoms with E-state index in [1.54, 1.807) is 12.3 Å². The summed E-state index contributed by atoms with van der Waals surface area (Å²) in [6.45, 7) is 4.00. The smallest absolute Gasteiger partial charge is 0.270 e. The van der Waals surface area contributed by atoms with Crippen LogP contribution in [0.25, 0.3) is 0 Å². The number of nitrogens with one attached hydrogen (secondary N) is 1. The number of halogens is 1. The van der Waals surface area contributed by atoms with Crippen LogP contribution in [0.4, 0.5) is 5.95 Å². The normalized spacial score (nSPS) is 10.5. The standard InChI is InChI=1S/C22H23ClN4O/c1-2-27(16-18-7-4-3-5-8-18)22-25-14-12-20(26-22)21(28)24-13-11-17-9-6-10-19(23)15-17/h3-10,12,14-15H,2,11,13,16H2,1H3,(H,24,28). The highest BCUT2D eigenvalue weighted by atomic mass is 35.5. The molecule has 0 atom stereocenters. The summed E-state index contributed by atoms with van der Waals surface area (Å²) in [5, 5.41) is 3.61. The predicted octanol–water partition coefficient (Wildman–Crippen LogP) is 4.13. The molecule has 0 bridgehead atoms. The van der Waals surface area contributed by atoms with Crippen molar-refractivity contribution in [1.82, 2.24) is 15.3 Å². The fraction of sp³-hybridized carbons (Fsp3) is 0.227. The van der Waals surface area contributed by atoms with Crippen LogP contribution in [0.3, 0.4) is 0 Å². The molecule has 3 aromatic rings. The Kier molecular flexibility index (Phi) is 6.98. The zero-order valence-electron chi connectivity index (χ0n) is 15.8. The number of carbonyl (C=O) groups is 1. The molecule has 0 aliphatic heterocycles. The third kappa shape index (κ3) is 5.54. The molecule has 2 aromatic carbocycles. The van der Waals surface area contributed by atoms with Gasteiger partial charge in [0.2, 0.25) is 5.95 Å². The van der Waals surface area contributed by atoms with Crippen LogP contribution in [0.2, 0.25) is 5.02 Å². The van der Waals surface area contributed by atoms with Crippen LogP contribution in [0.1, 0.15) is 28.5 Å². The topological polar surface area (TPSA) is 58.1 Å².